The number of imidazole rings is 1. The zero-order chi connectivity index (χ0) is 39.5. The lowest BCUT2D eigenvalue weighted by Gasteiger charge is -2.37. The van der Waals surface area contributed by atoms with Crippen molar-refractivity contribution in [1.82, 2.24) is 34.1 Å². The van der Waals surface area contributed by atoms with Gasteiger partial charge in [0, 0.05) is 55.0 Å². The predicted octanol–water partition coefficient (Wildman–Crippen LogP) is 6.10. The SMILES string of the molecule is Cn1c(=O)n(C2CCC(=O)NC2=O)c2cccc(C3=CCN(C[C@H]4CC[C@H](n5cc6cc(NC(=O)c7cccc(C(F)(F)F)n7)ccc6n5)CC4)CC3(F)F)c21. The van der Waals surface area contributed by atoms with E-state index < -0.39 is 53.8 Å². The number of aryl methyl sites for hydroxylation is 1. The zero-order valence-electron chi connectivity index (χ0n) is 30.2. The lowest BCUT2D eigenvalue weighted by molar-refractivity contribution is -0.141. The summed E-state index contributed by atoms with van der Waals surface area (Å²) in [5.74, 6) is -4.81. The van der Waals surface area contributed by atoms with Crippen molar-refractivity contribution in [2.24, 2.45) is 13.0 Å². The quantitative estimate of drug-likeness (QED) is 0.151. The van der Waals surface area contributed by atoms with Crippen molar-refractivity contribution >= 4 is 50.9 Å². The van der Waals surface area contributed by atoms with Crippen molar-refractivity contribution in [2.45, 2.75) is 62.7 Å². The van der Waals surface area contributed by atoms with Crippen LogP contribution in [0.25, 0.3) is 27.5 Å². The number of piperidine rings is 1. The van der Waals surface area contributed by atoms with Gasteiger partial charge in [-0.3, -0.25) is 38.4 Å². The average Bonchev–Trinajstić information content (AvgIpc) is 3.69. The van der Waals surface area contributed by atoms with Crippen LogP contribution in [-0.4, -0.2) is 72.1 Å². The van der Waals surface area contributed by atoms with E-state index in [4.69, 9.17) is 5.10 Å². The number of para-hydroxylation sites is 1. The summed E-state index contributed by atoms with van der Waals surface area (Å²) < 4.78 is 75.7. The van der Waals surface area contributed by atoms with Gasteiger partial charge < -0.3 is 5.32 Å². The number of amides is 3. The van der Waals surface area contributed by atoms with E-state index in [1.54, 1.807) is 41.3 Å². The van der Waals surface area contributed by atoms with Crippen molar-refractivity contribution in [3.05, 3.63) is 94.3 Å². The van der Waals surface area contributed by atoms with Crippen molar-refractivity contribution in [2.75, 3.05) is 25.0 Å². The highest BCUT2D eigenvalue weighted by Gasteiger charge is 2.42. The Kier molecular flexibility index (Phi) is 9.37. The first-order chi connectivity index (χ1) is 26.7. The Labute approximate surface area is 316 Å². The van der Waals surface area contributed by atoms with Crippen LogP contribution in [0.15, 0.2) is 71.7 Å². The topological polar surface area (TPSA) is 136 Å². The number of nitrogens with zero attached hydrogens (tertiary/aromatic N) is 6. The molecular formula is C39H37F5N8O4. The molecule has 1 saturated carbocycles. The molecule has 2 fully saturated rings. The van der Waals surface area contributed by atoms with Gasteiger partial charge in [-0.05, 0) is 74.4 Å². The fraction of sp³-hybridized carbons (Fsp3) is 0.385. The Morgan fingerprint density at radius 2 is 1.77 bits per heavy atom. The average molecular weight is 777 g/mol. The maximum Gasteiger partial charge on any atom is 0.433 e. The number of carbonyl (C=O) groups is 3. The molecule has 292 valence electrons. The van der Waals surface area contributed by atoms with Gasteiger partial charge in [-0.25, -0.2) is 9.78 Å². The summed E-state index contributed by atoms with van der Waals surface area (Å²) in [5.41, 5.74) is -0.253. The fourth-order valence-electron chi connectivity index (χ4n) is 8.31. The van der Waals surface area contributed by atoms with Crippen molar-refractivity contribution in [1.29, 1.82) is 0 Å². The van der Waals surface area contributed by atoms with Crippen molar-refractivity contribution in [3.8, 4) is 0 Å². The van der Waals surface area contributed by atoms with E-state index in [-0.39, 0.29) is 41.6 Å². The summed E-state index contributed by atoms with van der Waals surface area (Å²) in [6, 6.07) is 12.1. The molecule has 3 amide bonds. The summed E-state index contributed by atoms with van der Waals surface area (Å²) in [7, 11) is 1.50. The second-order valence-electron chi connectivity index (χ2n) is 14.8. The van der Waals surface area contributed by atoms with E-state index in [9.17, 15) is 32.3 Å². The summed E-state index contributed by atoms with van der Waals surface area (Å²) in [5, 5.41) is 10.3. The zero-order valence-corrected chi connectivity index (χ0v) is 30.2. The highest BCUT2D eigenvalue weighted by atomic mass is 19.4. The molecule has 2 aliphatic heterocycles. The Bertz CT molecular complexity index is 2480. The van der Waals surface area contributed by atoms with Gasteiger partial charge in [-0.2, -0.15) is 27.1 Å². The molecule has 56 heavy (non-hydrogen) atoms. The van der Waals surface area contributed by atoms with E-state index in [0.29, 0.717) is 35.3 Å². The van der Waals surface area contributed by atoms with Gasteiger partial charge >= 0.3 is 11.9 Å². The van der Waals surface area contributed by atoms with Gasteiger partial charge in [-0.1, -0.05) is 24.3 Å². The van der Waals surface area contributed by atoms with E-state index in [1.807, 2.05) is 10.9 Å². The van der Waals surface area contributed by atoms with Gasteiger partial charge in [0.2, 0.25) is 11.8 Å². The van der Waals surface area contributed by atoms with E-state index >= 15 is 8.78 Å². The van der Waals surface area contributed by atoms with Crippen molar-refractivity contribution < 1.29 is 36.3 Å². The first-order valence-electron chi connectivity index (χ1n) is 18.4. The van der Waals surface area contributed by atoms with Gasteiger partial charge in [-0.15, -0.1) is 0 Å². The fourth-order valence-corrected chi connectivity index (χ4v) is 8.31. The van der Waals surface area contributed by atoms with E-state index in [1.165, 1.54) is 28.3 Å². The van der Waals surface area contributed by atoms with Crippen LogP contribution >= 0.6 is 0 Å². The highest BCUT2D eigenvalue weighted by molar-refractivity contribution is 6.04. The number of hydrogen-bond acceptors (Lipinski definition) is 7. The lowest BCUT2D eigenvalue weighted by atomic mass is 9.85. The van der Waals surface area contributed by atoms with Gasteiger partial charge in [0.25, 0.3) is 11.8 Å². The number of halogens is 5. The molecule has 5 aromatic rings. The molecule has 0 spiro atoms. The van der Waals surface area contributed by atoms with E-state index in [0.717, 1.165) is 43.2 Å². The van der Waals surface area contributed by atoms with Gasteiger partial charge in [0.1, 0.15) is 17.4 Å². The van der Waals surface area contributed by atoms with E-state index in [2.05, 4.69) is 15.6 Å². The largest absolute Gasteiger partial charge is 0.433 e. The van der Waals surface area contributed by atoms with Crippen LogP contribution in [0.1, 0.15) is 72.4 Å². The van der Waals surface area contributed by atoms with Crippen LogP contribution in [0.5, 0.6) is 0 Å². The minimum absolute atomic E-state index is 0.0702. The Balaban J connectivity index is 0.910. The number of carbonyl (C=O) groups excluding carboxylic acids is 3. The van der Waals surface area contributed by atoms with Crippen LogP contribution in [0.2, 0.25) is 0 Å². The second kappa shape index (κ2) is 14.1. The summed E-state index contributed by atoms with van der Waals surface area (Å²) in [6.45, 7) is 0.312. The molecule has 8 rings (SSSR count). The monoisotopic (exact) mass is 776 g/mol. The lowest BCUT2D eigenvalue weighted by Crippen LogP contribution is -2.44. The molecule has 1 unspecified atom stereocenters. The highest BCUT2D eigenvalue weighted by Crippen LogP contribution is 2.41. The normalized spacial score (nSPS) is 22.0. The Morgan fingerprint density at radius 3 is 2.50 bits per heavy atom. The smallest absolute Gasteiger partial charge is 0.321 e. The van der Waals surface area contributed by atoms with Crippen LogP contribution in [0, 0.1) is 5.92 Å². The number of alkyl halides is 5. The number of aromatic nitrogens is 5. The molecule has 3 aliphatic rings. The minimum atomic E-state index is -4.67. The molecule has 2 aromatic carbocycles. The Morgan fingerprint density at radius 1 is 1.00 bits per heavy atom. The number of imide groups is 1. The van der Waals surface area contributed by atoms with Crippen LogP contribution in [0.3, 0.4) is 0 Å². The summed E-state index contributed by atoms with van der Waals surface area (Å²) in [4.78, 5) is 55.6. The van der Waals surface area contributed by atoms with Gasteiger partial charge in [0.15, 0.2) is 0 Å². The molecule has 17 heteroatoms. The third-order valence-electron chi connectivity index (χ3n) is 11.0. The summed E-state index contributed by atoms with van der Waals surface area (Å²) in [6.07, 6.45) is 2.11. The standard InChI is InChI=1S/C39H37F5N8O4/c1-49-34-26(4-2-6-30(34)52(37(49)56)31-14-15-33(53)47-36(31)55)27-16-17-50(21-38(27,40)41)19-22-8-11-25(12-9-22)51-20-23-18-24(10-13-28(23)48-51)45-35(54)29-5-3-7-32(46-29)39(42,43)44/h2-7,10,13,16,18,20,22,25,31H,8-9,11-12,14-15,17,19,21H2,1H3,(H,45,54)(H,47,53,55)/t22-,25-,31?. The first kappa shape index (κ1) is 37.2. The molecule has 1 aliphatic carbocycles. The maximum absolute atomic E-state index is 16.0. The molecule has 0 bridgehead atoms. The van der Waals surface area contributed by atoms with Crippen LogP contribution in [-0.2, 0) is 22.8 Å². The van der Waals surface area contributed by atoms with Crippen LogP contribution in [0.4, 0.5) is 27.6 Å². The molecule has 3 aromatic heterocycles. The minimum Gasteiger partial charge on any atom is -0.321 e. The maximum atomic E-state index is 16.0. The number of pyridine rings is 1. The predicted molar refractivity (Wildman–Crippen MR) is 196 cm³/mol. The Hall–Kier alpha value is -5.71. The number of benzene rings is 2. The van der Waals surface area contributed by atoms with Crippen LogP contribution < -0.4 is 16.3 Å². The van der Waals surface area contributed by atoms with Crippen molar-refractivity contribution in [3.63, 3.8) is 0 Å². The number of nitrogens with one attached hydrogen (secondary N) is 2. The first-order valence-corrected chi connectivity index (χ1v) is 18.4. The number of rotatable bonds is 7. The molecule has 12 nitrogen and oxygen atoms in total. The third kappa shape index (κ3) is 6.99. The number of fused-ring (bicyclic) bond motifs is 2. The number of anilines is 1. The molecule has 1 saturated heterocycles. The molecule has 0 radical (unpaired) electrons. The van der Waals surface area contributed by atoms with Gasteiger partial charge in [0.05, 0.1) is 29.1 Å². The molecule has 1 atom stereocenters. The molecule has 5 heterocycles. The summed E-state index contributed by atoms with van der Waals surface area (Å²) >= 11 is 0. The second-order valence-corrected chi connectivity index (χ2v) is 14.8. The third-order valence-corrected chi connectivity index (χ3v) is 11.0. The molecule has 2 N–H and O–H groups in total. The number of hydrogen-bond donors (Lipinski definition) is 2. The molecular weight excluding hydrogens is 739 g/mol.